The monoisotopic (exact) mass is 448 g/mol. The van der Waals surface area contributed by atoms with Crippen molar-refractivity contribution in [3.05, 3.63) is 59.8 Å². The number of thiazole rings is 1. The Morgan fingerprint density at radius 1 is 1.12 bits per heavy atom. The van der Waals surface area contributed by atoms with E-state index in [1.165, 1.54) is 11.3 Å². The molecular weight excluding hydrogens is 424 g/mol. The fourth-order valence-electron chi connectivity index (χ4n) is 4.11. The van der Waals surface area contributed by atoms with Crippen LogP contribution in [-0.2, 0) is 0 Å². The highest BCUT2D eigenvalue weighted by Gasteiger charge is 2.48. The summed E-state index contributed by atoms with van der Waals surface area (Å²) in [5, 5.41) is 15.6. The minimum atomic E-state index is -0.380. The molecule has 3 N–H and O–H groups in total. The first-order valence-corrected chi connectivity index (χ1v) is 11.3. The Morgan fingerprint density at radius 2 is 1.84 bits per heavy atom. The summed E-state index contributed by atoms with van der Waals surface area (Å²) in [5.41, 5.74) is 3.65. The number of hydrogen-bond donors (Lipinski definition) is 3. The SMILES string of the molecule is CNC(=O)c1ccc(-c2cn3c(n2)sc2cc(C(=O)NC4CC(O)C4(C)C)ccc23)cc1. The number of benzene rings is 2. The number of aliphatic hydroxyl groups excluding tert-OH is 1. The molecule has 2 aromatic heterocycles. The van der Waals surface area contributed by atoms with Gasteiger partial charge in [0.25, 0.3) is 11.8 Å². The van der Waals surface area contributed by atoms with Crippen LogP contribution in [0.5, 0.6) is 0 Å². The van der Waals surface area contributed by atoms with Crippen molar-refractivity contribution in [3.8, 4) is 11.3 Å². The van der Waals surface area contributed by atoms with E-state index in [0.717, 1.165) is 26.4 Å². The van der Waals surface area contributed by atoms with Crippen LogP contribution in [-0.4, -0.2) is 45.5 Å². The maximum atomic E-state index is 12.7. The van der Waals surface area contributed by atoms with Gasteiger partial charge in [-0.1, -0.05) is 37.3 Å². The summed E-state index contributed by atoms with van der Waals surface area (Å²) in [6.07, 6.45) is 2.18. The lowest BCUT2D eigenvalue weighted by Gasteiger charge is -2.49. The predicted octanol–water partition coefficient (Wildman–Crippen LogP) is 3.46. The van der Waals surface area contributed by atoms with E-state index in [4.69, 9.17) is 4.98 Å². The topological polar surface area (TPSA) is 95.7 Å². The van der Waals surface area contributed by atoms with Crippen molar-refractivity contribution in [1.82, 2.24) is 20.0 Å². The van der Waals surface area contributed by atoms with Gasteiger partial charge in [0.05, 0.1) is 22.0 Å². The van der Waals surface area contributed by atoms with Crippen molar-refractivity contribution in [2.45, 2.75) is 32.4 Å². The summed E-state index contributed by atoms with van der Waals surface area (Å²) in [6, 6.07) is 13.0. The Labute approximate surface area is 189 Å². The van der Waals surface area contributed by atoms with E-state index in [2.05, 4.69) is 10.6 Å². The van der Waals surface area contributed by atoms with E-state index in [1.54, 1.807) is 19.2 Å². The molecule has 2 atom stereocenters. The number of rotatable bonds is 4. The third-order valence-electron chi connectivity index (χ3n) is 6.55. The maximum Gasteiger partial charge on any atom is 0.251 e. The molecule has 0 saturated heterocycles. The lowest BCUT2D eigenvalue weighted by molar-refractivity contribution is -0.0689. The molecule has 1 aliphatic rings. The molecule has 2 unspecified atom stereocenters. The van der Waals surface area contributed by atoms with Gasteiger partial charge >= 0.3 is 0 Å². The summed E-state index contributed by atoms with van der Waals surface area (Å²) in [5.74, 6) is -0.245. The van der Waals surface area contributed by atoms with Crippen LogP contribution in [0.25, 0.3) is 26.4 Å². The molecule has 0 radical (unpaired) electrons. The summed E-state index contributed by atoms with van der Waals surface area (Å²) in [7, 11) is 1.61. The average Bonchev–Trinajstić information content (AvgIpc) is 3.36. The fourth-order valence-corrected chi connectivity index (χ4v) is 5.15. The molecule has 1 aliphatic carbocycles. The zero-order valence-corrected chi connectivity index (χ0v) is 18.9. The van der Waals surface area contributed by atoms with E-state index in [9.17, 15) is 14.7 Å². The van der Waals surface area contributed by atoms with E-state index in [-0.39, 0.29) is 29.4 Å². The minimum absolute atomic E-state index is 0.0290. The molecule has 0 spiro atoms. The van der Waals surface area contributed by atoms with Crippen LogP contribution < -0.4 is 10.6 Å². The summed E-state index contributed by atoms with van der Waals surface area (Å²) in [6.45, 7) is 3.93. The van der Waals surface area contributed by atoms with Crippen LogP contribution in [0.1, 0.15) is 41.0 Å². The van der Waals surface area contributed by atoms with Crippen molar-refractivity contribution in [3.63, 3.8) is 0 Å². The lowest BCUT2D eigenvalue weighted by atomic mass is 9.64. The Morgan fingerprint density at radius 3 is 2.50 bits per heavy atom. The van der Waals surface area contributed by atoms with Crippen LogP contribution in [0.4, 0.5) is 0 Å². The number of carbonyl (C=O) groups excluding carboxylic acids is 2. The van der Waals surface area contributed by atoms with Crippen molar-refractivity contribution in [2.24, 2.45) is 5.41 Å². The molecule has 1 fully saturated rings. The Balaban J connectivity index is 1.40. The Hall–Kier alpha value is -3.23. The molecule has 2 aromatic carbocycles. The highest BCUT2D eigenvalue weighted by molar-refractivity contribution is 7.23. The summed E-state index contributed by atoms with van der Waals surface area (Å²) in [4.78, 5) is 30.1. The van der Waals surface area contributed by atoms with Gasteiger partial charge in [-0.25, -0.2) is 4.98 Å². The zero-order chi connectivity index (χ0) is 22.6. The first kappa shape index (κ1) is 20.7. The normalized spacial score (nSPS) is 19.6. The first-order valence-electron chi connectivity index (χ1n) is 10.5. The second-order valence-corrected chi connectivity index (χ2v) is 9.83. The van der Waals surface area contributed by atoms with Crippen LogP contribution in [0, 0.1) is 5.41 Å². The Bertz CT molecular complexity index is 1350. The molecule has 7 nitrogen and oxygen atoms in total. The smallest absolute Gasteiger partial charge is 0.251 e. The van der Waals surface area contributed by atoms with Gasteiger partial charge in [0.15, 0.2) is 4.96 Å². The second-order valence-electron chi connectivity index (χ2n) is 8.82. The summed E-state index contributed by atoms with van der Waals surface area (Å²) < 4.78 is 3.00. The van der Waals surface area contributed by atoms with Gasteiger partial charge in [-0.05, 0) is 36.8 Å². The highest BCUT2D eigenvalue weighted by atomic mass is 32.1. The Kier molecular flexibility index (Phi) is 4.79. The average molecular weight is 449 g/mol. The summed E-state index contributed by atoms with van der Waals surface area (Å²) >= 11 is 1.53. The molecule has 8 heteroatoms. The molecule has 4 aromatic rings. The van der Waals surface area contributed by atoms with Gasteiger partial charge in [0.2, 0.25) is 0 Å². The maximum absolute atomic E-state index is 12.7. The van der Waals surface area contributed by atoms with Gasteiger partial charge in [-0.3, -0.25) is 14.0 Å². The number of carbonyl (C=O) groups is 2. The fraction of sp³-hybridized carbons (Fsp3) is 0.292. The number of aromatic nitrogens is 2. The minimum Gasteiger partial charge on any atom is -0.392 e. The molecular formula is C24H24N4O3S. The molecule has 32 heavy (non-hydrogen) atoms. The van der Waals surface area contributed by atoms with Gasteiger partial charge in [-0.2, -0.15) is 0 Å². The lowest BCUT2D eigenvalue weighted by Crippen LogP contribution is -2.61. The third-order valence-corrected chi connectivity index (χ3v) is 7.56. The zero-order valence-electron chi connectivity index (χ0n) is 18.0. The number of nitrogens with zero attached hydrogens (tertiary/aromatic N) is 2. The third kappa shape index (κ3) is 3.27. The van der Waals surface area contributed by atoms with Crippen LogP contribution >= 0.6 is 11.3 Å². The van der Waals surface area contributed by atoms with Crippen molar-refractivity contribution < 1.29 is 14.7 Å². The van der Waals surface area contributed by atoms with Crippen molar-refractivity contribution in [2.75, 3.05) is 7.05 Å². The standard InChI is InChI=1S/C24H24N4O3S/c1-24(2)19(11-20(24)29)27-22(31)15-8-9-17-18(10-15)32-23-26-16(12-28(17)23)13-4-6-14(7-5-13)21(30)25-3/h4-10,12,19-20,29H,11H2,1-3H3,(H,25,30)(H,27,31). The van der Waals surface area contributed by atoms with Gasteiger partial charge in [0.1, 0.15) is 0 Å². The molecule has 5 rings (SSSR count). The van der Waals surface area contributed by atoms with Gasteiger partial charge < -0.3 is 15.7 Å². The van der Waals surface area contributed by atoms with E-state index in [1.807, 2.05) is 54.8 Å². The molecule has 164 valence electrons. The molecule has 2 amide bonds. The first-order chi connectivity index (χ1) is 15.3. The number of aliphatic hydroxyl groups is 1. The van der Waals surface area contributed by atoms with Crippen molar-refractivity contribution in [1.29, 1.82) is 0 Å². The van der Waals surface area contributed by atoms with Crippen LogP contribution in [0.2, 0.25) is 0 Å². The number of imidazole rings is 1. The molecule has 0 bridgehead atoms. The molecule has 0 aliphatic heterocycles. The van der Waals surface area contributed by atoms with Crippen molar-refractivity contribution >= 4 is 38.3 Å². The number of nitrogens with one attached hydrogen (secondary N) is 2. The van der Waals surface area contributed by atoms with Crippen LogP contribution in [0.15, 0.2) is 48.7 Å². The van der Waals surface area contributed by atoms with E-state index < -0.39 is 0 Å². The quantitative estimate of drug-likeness (QED) is 0.446. The largest absolute Gasteiger partial charge is 0.392 e. The number of fused-ring (bicyclic) bond motifs is 3. The second kappa shape index (κ2) is 7.43. The number of amides is 2. The number of hydrogen-bond acceptors (Lipinski definition) is 5. The highest BCUT2D eigenvalue weighted by Crippen LogP contribution is 2.40. The molecule has 2 heterocycles. The van der Waals surface area contributed by atoms with E-state index >= 15 is 0 Å². The van der Waals surface area contributed by atoms with Crippen LogP contribution in [0.3, 0.4) is 0 Å². The van der Waals surface area contributed by atoms with E-state index in [0.29, 0.717) is 17.5 Å². The van der Waals surface area contributed by atoms with Gasteiger partial charge in [0, 0.05) is 41.4 Å². The van der Waals surface area contributed by atoms with Gasteiger partial charge in [-0.15, -0.1) is 0 Å². The molecule has 1 saturated carbocycles. The predicted molar refractivity (Wildman–Crippen MR) is 125 cm³/mol.